The second kappa shape index (κ2) is 7.29. The zero-order chi connectivity index (χ0) is 17.5. The molecule has 0 amide bonds. The molecule has 0 fully saturated rings. The molecule has 1 N–H and O–H groups in total. The molecule has 0 spiro atoms. The van der Waals surface area contributed by atoms with E-state index in [2.05, 4.69) is 34.1 Å². The molecule has 138 valence electrons. The van der Waals surface area contributed by atoms with Crippen molar-refractivity contribution in [2.24, 2.45) is 0 Å². The number of H-pyrrole nitrogens is 1. The molecular formula is C22H21ClFN3. The predicted molar refractivity (Wildman–Crippen MR) is 110 cm³/mol. The van der Waals surface area contributed by atoms with Gasteiger partial charge in [-0.25, -0.2) is 4.39 Å². The van der Waals surface area contributed by atoms with Crippen molar-refractivity contribution in [2.75, 3.05) is 13.1 Å². The van der Waals surface area contributed by atoms with Gasteiger partial charge in [0.25, 0.3) is 0 Å². The standard InChI is InChI=1S/C22H20FN3.ClH/c23-16-6-8-21-18(13-16)19-14-26(12-10-22(19)25-21)11-9-17-7-5-15-3-1-2-4-20(15)24-17;/h1-8,13,25H,9-12,14H2;1H. The first-order chi connectivity index (χ1) is 12.8. The van der Waals surface area contributed by atoms with Gasteiger partial charge in [-0.2, -0.15) is 0 Å². The van der Waals surface area contributed by atoms with Crippen LogP contribution in [-0.2, 0) is 19.4 Å². The topological polar surface area (TPSA) is 31.9 Å². The van der Waals surface area contributed by atoms with Crippen LogP contribution in [0.15, 0.2) is 54.6 Å². The highest BCUT2D eigenvalue weighted by molar-refractivity contribution is 5.85. The molecule has 1 aliphatic rings. The third-order valence-electron chi connectivity index (χ3n) is 5.36. The molecular weight excluding hydrogens is 361 g/mol. The summed E-state index contributed by atoms with van der Waals surface area (Å²) in [7, 11) is 0. The van der Waals surface area contributed by atoms with Gasteiger partial charge in [0.05, 0.1) is 5.52 Å². The molecule has 27 heavy (non-hydrogen) atoms. The van der Waals surface area contributed by atoms with Crippen molar-refractivity contribution >= 4 is 34.2 Å². The Morgan fingerprint density at radius 1 is 1.07 bits per heavy atom. The molecule has 0 saturated heterocycles. The van der Waals surface area contributed by atoms with E-state index >= 15 is 0 Å². The number of halogens is 2. The maximum Gasteiger partial charge on any atom is 0.123 e. The van der Waals surface area contributed by atoms with E-state index in [0.29, 0.717) is 0 Å². The molecule has 5 rings (SSSR count). The molecule has 0 saturated carbocycles. The van der Waals surface area contributed by atoms with E-state index in [9.17, 15) is 4.39 Å². The summed E-state index contributed by atoms with van der Waals surface area (Å²) in [4.78, 5) is 10.7. The Morgan fingerprint density at radius 2 is 1.96 bits per heavy atom. The summed E-state index contributed by atoms with van der Waals surface area (Å²) >= 11 is 0. The number of para-hydroxylation sites is 1. The Labute approximate surface area is 163 Å². The summed E-state index contributed by atoms with van der Waals surface area (Å²) in [5, 5.41) is 2.20. The number of pyridine rings is 1. The van der Waals surface area contributed by atoms with Crippen molar-refractivity contribution in [3.05, 3.63) is 77.4 Å². The van der Waals surface area contributed by atoms with Gasteiger partial charge in [0.15, 0.2) is 0 Å². The summed E-state index contributed by atoms with van der Waals surface area (Å²) in [5.74, 6) is -0.170. The van der Waals surface area contributed by atoms with Gasteiger partial charge >= 0.3 is 0 Å². The first kappa shape index (κ1) is 18.0. The number of benzene rings is 2. The summed E-state index contributed by atoms with van der Waals surface area (Å²) in [6.45, 7) is 2.86. The van der Waals surface area contributed by atoms with Crippen molar-refractivity contribution < 1.29 is 4.39 Å². The average Bonchev–Trinajstić information content (AvgIpc) is 3.03. The van der Waals surface area contributed by atoms with Crippen LogP contribution in [0.2, 0.25) is 0 Å². The Kier molecular flexibility index (Phi) is 4.85. The van der Waals surface area contributed by atoms with Gasteiger partial charge in [0.1, 0.15) is 5.82 Å². The molecule has 0 aliphatic carbocycles. The fraction of sp³-hybridized carbons (Fsp3) is 0.227. The Bertz CT molecular complexity index is 1110. The normalized spacial score (nSPS) is 14.3. The third-order valence-corrected chi connectivity index (χ3v) is 5.36. The number of aromatic amines is 1. The molecule has 3 nitrogen and oxygen atoms in total. The SMILES string of the molecule is Cl.Fc1ccc2[nH]c3c(c2c1)CN(CCc1ccc2ccccc2n1)CC3. The molecule has 3 heterocycles. The highest BCUT2D eigenvalue weighted by atomic mass is 35.5. The molecule has 2 aromatic heterocycles. The molecule has 0 radical (unpaired) electrons. The first-order valence-corrected chi connectivity index (χ1v) is 9.12. The second-order valence-electron chi connectivity index (χ2n) is 7.04. The van der Waals surface area contributed by atoms with E-state index in [0.717, 1.165) is 54.6 Å². The highest BCUT2D eigenvalue weighted by Gasteiger charge is 2.20. The maximum absolute atomic E-state index is 13.6. The van der Waals surface area contributed by atoms with Crippen LogP contribution in [0.3, 0.4) is 0 Å². The smallest absolute Gasteiger partial charge is 0.123 e. The fourth-order valence-corrected chi connectivity index (χ4v) is 3.95. The number of fused-ring (bicyclic) bond motifs is 4. The van der Waals surface area contributed by atoms with Crippen molar-refractivity contribution in [2.45, 2.75) is 19.4 Å². The summed E-state index contributed by atoms with van der Waals surface area (Å²) < 4.78 is 13.6. The van der Waals surface area contributed by atoms with Gasteiger partial charge in [-0.3, -0.25) is 9.88 Å². The van der Waals surface area contributed by atoms with Crippen molar-refractivity contribution in [3.63, 3.8) is 0 Å². The molecule has 5 heteroatoms. The molecule has 1 aliphatic heterocycles. The van der Waals surface area contributed by atoms with E-state index in [1.54, 1.807) is 6.07 Å². The van der Waals surface area contributed by atoms with Gasteiger partial charge in [0, 0.05) is 60.2 Å². The quantitative estimate of drug-likeness (QED) is 0.548. The summed E-state index contributed by atoms with van der Waals surface area (Å²) in [6, 6.07) is 17.5. The maximum atomic E-state index is 13.6. The van der Waals surface area contributed by atoms with Crippen LogP contribution in [-0.4, -0.2) is 28.0 Å². The number of aromatic nitrogens is 2. The van der Waals surface area contributed by atoms with Gasteiger partial charge < -0.3 is 4.98 Å². The fourth-order valence-electron chi connectivity index (χ4n) is 3.95. The lowest BCUT2D eigenvalue weighted by molar-refractivity contribution is 0.257. The van der Waals surface area contributed by atoms with Crippen LogP contribution in [0, 0.1) is 5.82 Å². The lowest BCUT2D eigenvalue weighted by atomic mass is 10.0. The minimum absolute atomic E-state index is 0. The number of nitrogens with zero attached hydrogens (tertiary/aromatic N) is 2. The van der Waals surface area contributed by atoms with Gasteiger partial charge in [-0.15, -0.1) is 12.4 Å². The van der Waals surface area contributed by atoms with Crippen molar-refractivity contribution in [3.8, 4) is 0 Å². The minimum Gasteiger partial charge on any atom is -0.358 e. The van der Waals surface area contributed by atoms with E-state index in [1.807, 2.05) is 18.2 Å². The number of hydrogen-bond donors (Lipinski definition) is 1. The van der Waals surface area contributed by atoms with Gasteiger partial charge in [-0.1, -0.05) is 24.3 Å². The average molecular weight is 382 g/mol. The van der Waals surface area contributed by atoms with Gasteiger partial charge in [0.2, 0.25) is 0 Å². The van der Waals surface area contributed by atoms with Crippen LogP contribution in [0.1, 0.15) is 17.0 Å². The van der Waals surface area contributed by atoms with Crippen molar-refractivity contribution in [1.82, 2.24) is 14.9 Å². The highest BCUT2D eigenvalue weighted by Crippen LogP contribution is 2.28. The van der Waals surface area contributed by atoms with E-state index < -0.39 is 0 Å². The van der Waals surface area contributed by atoms with Crippen LogP contribution in [0.5, 0.6) is 0 Å². The molecule has 0 bridgehead atoms. The van der Waals surface area contributed by atoms with Crippen LogP contribution in [0.25, 0.3) is 21.8 Å². The minimum atomic E-state index is -0.170. The van der Waals surface area contributed by atoms with E-state index in [4.69, 9.17) is 4.98 Å². The lowest BCUT2D eigenvalue weighted by Gasteiger charge is -2.27. The molecule has 4 aromatic rings. The lowest BCUT2D eigenvalue weighted by Crippen LogP contribution is -2.32. The van der Waals surface area contributed by atoms with Crippen molar-refractivity contribution in [1.29, 1.82) is 0 Å². The van der Waals surface area contributed by atoms with Crippen LogP contribution >= 0.6 is 12.4 Å². The Balaban J connectivity index is 0.00000180. The monoisotopic (exact) mass is 381 g/mol. The van der Waals surface area contributed by atoms with E-state index in [-0.39, 0.29) is 18.2 Å². The third kappa shape index (κ3) is 3.43. The molecule has 2 aromatic carbocycles. The zero-order valence-corrected chi connectivity index (χ0v) is 15.7. The number of nitrogens with one attached hydrogen (secondary N) is 1. The first-order valence-electron chi connectivity index (χ1n) is 9.12. The summed E-state index contributed by atoms with van der Waals surface area (Å²) in [6.07, 6.45) is 1.91. The second-order valence-corrected chi connectivity index (χ2v) is 7.04. The zero-order valence-electron chi connectivity index (χ0n) is 14.9. The summed E-state index contributed by atoms with van der Waals surface area (Å²) in [5.41, 5.74) is 5.72. The molecule has 0 atom stereocenters. The van der Waals surface area contributed by atoms with Crippen LogP contribution in [0.4, 0.5) is 4.39 Å². The van der Waals surface area contributed by atoms with Gasteiger partial charge in [-0.05, 0) is 35.9 Å². The largest absolute Gasteiger partial charge is 0.358 e. The number of rotatable bonds is 3. The van der Waals surface area contributed by atoms with Crippen LogP contribution < -0.4 is 0 Å². The predicted octanol–water partition coefficient (Wildman–Crippen LogP) is 4.88. The Morgan fingerprint density at radius 3 is 2.89 bits per heavy atom. The Hall–Kier alpha value is -2.43. The number of hydrogen-bond acceptors (Lipinski definition) is 2. The van der Waals surface area contributed by atoms with E-state index in [1.165, 1.54) is 22.7 Å². The molecule has 0 unspecified atom stereocenters.